The first-order valence-electron chi connectivity index (χ1n) is 11.0. The van der Waals surface area contributed by atoms with E-state index in [1.807, 2.05) is 6.92 Å². The van der Waals surface area contributed by atoms with Crippen molar-refractivity contribution >= 4 is 23.9 Å². The van der Waals surface area contributed by atoms with E-state index in [1.54, 1.807) is 0 Å². The fourth-order valence-corrected chi connectivity index (χ4v) is 6.20. The predicted molar refractivity (Wildman–Crippen MR) is 113 cm³/mol. The average molecular weight is 449 g/mol. The Morgan fingerprint density at radius 2 is 1.88 bits per heavy atom. The largest absolute Gasteiger partial charge is 0.469 e. The topological polar surface area (TPSA) is 105 Å². The third kappa shape index (κ3) is 3.95. The lowest BCUT2D eigenvalue weighted by Crippen LogP contribution is -2.58. The second-order valence-electron chi connectivity index (χ2n) is 9.21. The van der Waals surface area contributed by atoms with Gasteiger partial charge < -0.3 is 18.9 Å². The van der Waals surface area contributed by atoms with Crippen LogP contribution in [0, 0.1) is 22.7 Å². The van der Waals surface area contributed by atoms with Crippen molar-refractivity contribution in [2.75, 3.05) is 14.2 Å². The normalized spacial score (nSPS) is 34.1. The van der Waals surface area contributed by atoms with Gasteiger partial charge in [0.2, 0.25) is 0 Å². The minimum Gasteiger partial charge on any atom is -0.469 e. The van der Waals surface area contributed by atoms with Crippen LogP contribution in [-0.4, -0.2) is 44.4 Å². The Bertz CT molecular complexity index is 858. The molecule has 0 bridgehead atoms. The lowest BCUT2D eigenvalue weighted by Gasteiger charge is -2.56. The fraction of sp³-hybridized carbons (Fsp3) is 0.667. The van der Waals surface area contributed by atoms with Crippen molar-refractivity contribution in [2.24, 2.45) is 22.7 Å². The number of hydrogen-bond donors (Lipinski definition) is 0. The van der Waals surface area contributed by atoms with Crippen molar-refractivity contribution in [1.82, 2.24) is 0 Å². The summed E-state index contributed by atoms with van der Waals surface area (Å²) in [6.07, 6.45) is 4.51. The van der Waals surface area contributed by atoms with Crippen LogP contribution in [0.3, 0.4) is 0 Å². The molecule has 0 spiro atoms. The molecule has 1 heterocycles. The van der Waals surface area contributed by atoms with Gasteiger partial charge in [-0.3, -0.25) is 14.4 Å². The second-order valence-corrected chi connectivity index (χ2v) is 9.21. The van der Waals surface area contributed by atoms with Gasteiger partial charge in [-0.2, -0.15) is 0 Å². The van der Waals surface area contributed by atoms with Crippen LogP contribution in [-0.2, 0) is 38.1 Å². The summed E-state index contributed by atoms with van der Waals surface area (Å²) in [7, 11) is 2.74. The Kier molecular flexibility index (Phi) is 6.81. The molecule has 5 unspecified atom stereocenters. The molecular formula is C24H32O8. The van der Waals surface area contributed by atoms with Crippen molar-refractivity contribution in [3.63, 3.8) is 0 Å². The number of methoxy groups -OCH3 is 2. The molecule has 2 fully saturated rings. The Morgan fingerprint density at radius 3 is 2.50 bits per heavy atom. The first kappa shape index (κ1) is 24.0. The molecule has 5 atom stereocenters. The fourth-order valence-electron chi connectivity index (χ4n) is 6.20. The molecule has 0 aromatic heterocycles. The summed E-state index contributed by atoms with van der Waals surface area (Å²) >= 11 is 0. The Hall–Kier alpha value is -2.64. The molecule has 0 aromatic rings. The smallest absolute Gasteiger partial charge is 0.337 e. The quantitative estimate of drug-likeness (QED) is 0.346. The Labute approximate surface area is 188 Å². The summed E-state index contributed by atoms with van der Waals surface area (Å²) in [5.74, 6) is -2.25. The maximum Gasteiger partial charge on any atom is 0.337 e. The summed E-state index contributed by atoms with van der Waals surface area (Å²) in [4.78, 5) is 49.6. The van der Waals surface area contributed by atoms with Crippen LogP contribution in [0.25, 0.3) is 0 Å². The molecule has 8 heteroatoms. The number of carbonyl (C=O) groups is 4. The van der Waals surface area contributed by atoms with Gasteiger partial charge in [0, 0.05) is 18.6 Å². The van der Waals surface area contributed by atoms with E-state index in [0.717, 1.165) is 5.57 Å². The van der Waals surface area contributed by atoms with Crippen LogP contribution >= 0.6 is 0 Å². The molecule has 0 aromatic carbocycles. The molecule has 3 rings (SSSR count). The molecule has 0 N–H and O–H groups in total. The van der Waals surface area contributed by atoms with Crippen LogP contribution < -0.4 is 0 Å². The summed E-state index contributed by atoms with van der Waals surface area (Å²) in [6, 6.07) is 0. The standard InChI is InChI=1S/C24H32O8/c1-14-7-10-18-23(3,21(27)29-4)11-6-12-24(18,22(28)30-5)17(14)9-8-16-13-19(31-15(2)25)32-20(16)26/h13,17-19H,1,6-12H2,2-5H3. The zero-order valence-electron chi connectivity index (χ0n) is 19.2. The van der Waals surface area contributed by atoms with E-state index >= 15 is 0 Å². The van der Waals surface area contributed by atoms with Gasteiger partial charge in [-0.1, -0.05) is 18.6 Å². The molecule has 32 heavy (non-hydrogen) atoms. The lowest BCUT2D eigenvalue weighted by molar-refractivity contribution is -0.185. The minimum absolute atomic E-state index is 0.252. The highest BCUT2D eigenvalue weighted by atomic mass is 16.7. The van der Waals surface area contributed by atoms with Crippen molar-refractivity contribution in [3.8, 4) is 0 Å². The van der Waals surface area contributed by atoms with Crippen molar-refractivity contribution in [1.29, 1.82) is 0 Å². The number of cyclic esters (lactones) is 1. The summed E-state index contributed by atoms with van der Waals surface area (Å²) in [6.45, 7) is 7.38. The van der Waals surface area contributed by atoms with Crippen LogP contribution in [0.1, 0.15) is 58.8 Å². The van der Waals surface area contributed by atoms with Crippen LogP contribution in [0.2, 0.25) is 0 Å². The summed E-state index contributed by atoms with van der Waals surface area (Å²) in [5, 5.41) is 0. The van der Waals surface area contributed by atoms with E-state index in [2.05, 4.69) is 6.58 Å². The molecule has 2 saturated carbocycles. The highest BCUT2D eigenvalue weighted by Gasteiger charge is 2.64. The van der Waals surface area contributed by atoms with Crippen molar-refractivity contribution in [3.05, 3.63) is 23.8 Å². The highest BCUT2D eigenvalue weighted by molar-refractivity contribution is 5.91. The average Bonchev–Trinajstić information content (AvgIpc) is 3.09. The molecule has 0 radical (unpaired) electrons. The molecule has 8 nitrogen and oxygen atoms in total. The molecule has 2 aliphatic carbocycles. The number of esters is 4. The maximum absolute atomic E-state index is 13.3. The molecule has 176 valence electrons. The van der Waals surface area contributed by atoms with Gasteiger partial charge in [0.15, 0.2) is 0 Å². The number of ether oxygens (including phenoxy) is 4. The first-order valence-corrected chi connectivity index (χ1v) is 11.0. The van der Waals surface area contributed by atoms with E-state index in [-0.39, 0.29) is 23.8 Å². The number of hydrogen-bond acceptors (Lipinski definition) is 8. The highest BCUT2D eigenvalue weighted by Crippen LogP contribution is 2.63. The lowest BCUT2D eigenvalue weighted by atomic mass is 9.45. The Morgan fingerprint density at radius 1 is 1.19 bits per heavy atom. The van der Waals surface area contributed by atoms with E-state index in [1.165, 1.54) is 27.2 Å². The van der Waals surface area contributed by atoms with Gasteiger partial charge >= 0.3 is 23.9 Å². The Balaban J connectivity index is 1.92. The molecule has 0 amide bonds. The van der Waals surface area contributed by atoms with Gasteiger partial charge in [-0.25, -0.2) is 4.79 Å². The van der Waals surface area contributed by atoms with Gasteiger partial charge in [-0.05, 0) is 57.3 Å². The van der Waals surface area contributed by atoms with E-state index in [4.69, 9.17) is 18.9 Å². The monoisotopic (exact) mass is 448 g/mol. The van der Waals surface area contributed by atoms with E-state index in [9.17, 15) is 19.2 Å². The van der Waals surface area contributed by atoms with Crippen molar-refractivity contribution in [2.45, 2.75) is 65.1 Å². The second kappa shape index (κ2) is 9.08. The zero-order chi connectivity index (χ0) is 23.7. The predicted octanol–water partition coefficient (Wildman–Crippen LogP) is 3.24. The van der Waals surface area contributed by atoms with E-state index < -0.39 is 29.1 Å². The van der Waals surface area contributed by atoms with Crippen LogP contribution in [0.15, 0.2) is 23.8 Å². The molecule has 3 aliphatic rings. The number of carbonyl (C=O) groups excluding carboxylic acids is 4. The van der Waals surface area contributed by atoms with E-state index in [0.29, 0.717) is 50.5 Å². The van der Waals surface area contributed by atoms with Crippen molar-refractivity contribution < 1.29 is 38.1 Å². The van der Waals surface area contributed by atoms with Crippen LogP contribution in [0.5, 0.6) is 0 Å². The maximum atomic E-state index is 13.3. The van der Waals surface area contributed by atoms with Gasteiger partial charge in [0.25, 0.3) is 6.29 Å². The molecule has 1 aliphatic heterocycles. The molecule has 0 saturated heterocycles. The van der Waals surface area contributed by atoms with Gasteiger partial charge in [0.05, 0.1) is 25.0 Å². The molecular weight excluding hydrogens is 416 g/mol. The third-order valence-electron chi connectivity index (χ3n) is 7.57. The zero-order valence-corrected chi connectivity index (χ0v) is 19.2. The minimum atomic E-state index is -1.02. The van der Waals surface area contributed by atoms with Gasteiger partial charge in [0.1, 0.15) is 0 Å². The summed E-state index contributed by atoms with van der Waals surface area (Å²) < 4.78 is 20.5. The number of allylic oxidation sites excluding steroid dienone is 1. The SMILES string of the molecule is C=C1CCC2C(C)(C(=O)OC)CCCC2(C(=O)OC)C1CCC1=CC(OC(C)=O)OC1=O. The van der Waals surface area contributed by atoms with Crippen LogP contribution in [0.4, 0.5) is 0 Å². The first-order chi connectivity index (χ1) is 15.1. The summed E-state index contributed by atoms with van der Waals surface area (Å²) in [5.41, 5.74) is -0.391. The van der Waals surface area contributed by atoms with Gasteiger partial charge in [-0.15, -0.1) is 0 Å². The third-order valence-corrected chi connectivity index (χ3v) is 7.57. The number of fused-ring (bicyclic) bond motifs is 1. The number of rotatable bonds is 6.